The van der Waals surface area contributed by atoms with Crippen molar-refractivity contribution in [1.29, 1.82) is 0 Å². The van der Waals surface area contributed by atoms with Crippen molar-refractivity contribution in [2.24, 2.45) is 5.92 Å². The number of halogens is 1. The number of sulfonamides is 1. The summed E-state index contributed by atoms with van der Waals surface area (Å²) in [6.07, 6.45) is 0.359. The molecular formula is C12H14BrNO4S. The van der Waals surface area contributed by atoms with Crippen LogP contribution in [0.5, 0.6) is 0 Å². The van der Waals surface area contributed by atoms with Gasteiger partial charge in [0.1, 0.15) is 0 Å². The molecule has 1 atom stereocenters. The van der Waals surface area contributed by atoms with Crippen molar-refractivity contribution in [2.75, 3.05) is 13.1 Å². The summed E-state index contributed by atoms with van der Waals surface area (Å²) in [5, 5.41) is 8.93. The molecular weight excluding hydrogens is 334 g/mol. The first kappa shape index (κ1) is 14.5. The largest absolute Gasteiger partial charge is 0.481 e. The van der Waals surface area contributed by atoms with Crippen molar-refractivity contribution >= 4 is 31.9 Å². The fraction of sp³-hybridized carbons (Fsp3) is 0.417. The van der Waals surface area contributed by atoms with E-state index >= 15 is 0 Å². The number of aryl methyl sites for hydroxylation is 1. The quantitative estimate of drug-likeness (QED) is 0.905. The average molecular weight is 348 g/mol. The summed E-state index contributed by atoms with van der Waals surface area (Å²) in [5.41, 5.74) is 0.954. The van der Waals surface area contributed by atoms with E-state index in [9.17, 15) is 13.2 Å². The van der Waals surface area contributed by atoms with E-state index in [4.69, 9.17) is 5.11 Å². The molecule has 1 aromatic carbocycles. The van der Waals surface area contributed by atoms with Crippen LogP contribution in [0.1, 0.15) is 12.0 Å². The number of aliphatic carboxylic acids is 1. The van der Waals surface area contributed by atoms with Crippen LogP contribution in [0.15, 0.2) is 27.6 Å². The van der Waals surface area contributed by atoms with Gasteiger partial charge in [0.2, 0.25) is 10.0 Å². The Bertz CT molecular complexity index is 614. The number of hydrogen-bond acceptors (Lipinski definition) is 3. The lowest BCUT2D eigenvalue weighted by Gasteiger charge is -2.17. The van der Waals surface area contributed by atoms with E-state index in [-0.39, 0.29) is 18.0 Å². The van der Waals surface area contributed by atoms with Gasteiger partial charge in [0, 0.05) is 17.6 Å². The Hall–Kier alpha value is -0.920. The Labute approximate surface area is 120 Å². The zero-order valence-electron chi connectivity index (χ0n) is 10.3. The second-order valence-corrected chi connectivity index (χ2v) is 7.38. The van der Waals surface area contributed by atoms with Gasteiger partial charge in [-0.05, 0) is 47.0 Å². The SMILES string of the molecule is Cc1ccc(S(=O)(=O)N2CCC(C(=O)O)C2)c(Br)c1. The molecule has 5 nitrogen and oxygen atoms in total. The Kier molecular flexibility index (Phi) is 3.98. The summed E-state index contributed by atoms with van der Waals surface area (Å²) >= 11 is 3.25. The summed E-state index contributed by atoms with van der Waals surface area (Å²) in [6, 6.07) is 5.00. The molecule has 2 rings (SSSR count). The van der Waals surface area contributed by atoms with E-state index in [1.807, 2.05) is 6.92 Å². The van der Waals surface area contributed by atoms with Crippen LogP contribution in [0, 0.1) is 12.8 Å². The van der Waals surface area contributed by atoms with E-state index < -0.39 is 21.9 Å². The lowest BCUT2D eigenvalue weighted by molar-refractivity contribution is -0.141. The normalized spacial score (nSPS) is 20.6. The molecule has 0 aromatic heterocycles. The second kappa shape index (κ2) is 5.22. The van der Waals surface area contributed by atoms with Gasteiger partial charge in [-0.2, -0.15) is 4.31 Å². The molecule has 1 aromatic rings. The van der Waals surface area contributed by atoms with Crippen LogP contribution in [0.4, 0.5) is 0 Å². The summed E-state index contributed by atoms with van der Waals surface area (Å²) in [5.74, 6) is -1.56. The van der Waals surface area contributed by atoms with Crippen LogP contribution in [-0.2, 0) is 14.8 Å². The van der Waals surface area contributed by atoms with Gasteiger partial charge >= 0.3 is 5.97 Å². The predicted octanol–water partition coefficient (Wildman–Crippen LogP) is 1.85. The van der Waals surface area contributed by atoms with Crippen molar-refractivity contribution in [3.63, 3.8) is 0 Å². The molecule has 0 amide bonds. The third-order valence-corrected chi connectivity index (χ3v) is 6.05. The Morgan fingerprint density at radius 2 is 2.16 bits per heavy atom. The Morgan fingerprint density at radius 3 is 2.68 bits per heavy atom. The maximum Gasteiger partial charge on any atom is 0.307 e. The maximum atomic E-state index is 12.4. The van der Waals surface area contributed by atoms with Crippen LogP contribution < -0.4 is 0 Å². The lowest BCUT2D eigenvalue weighted by atomic mass is 10.1. The van der Waals surface area contributed by atoms with Gasteiger partial charge in [0.05, 0.1) is 10.8 Å². The minimum Gasteiger partial charge on any atom is -0.481 e. The number of hydrogen-bond donors (Lipinski definition) is 1. The van der Waals surface area contributed by atoms with E-state index in [1.165, 1.54) is 4.31 Å². The van der Waals surface area contributed by atoms with Crippen LogP contribution in [0.3, 0.4) is 0 Å². The molecule has 0 spiro atoms. The van der Waals surface area contributed by atoms with Gasteiger partial charge in [-0.1, -0.05) is 6.07 Å². The number of carbonyl (C=O) groups is 1. The van der Waals surface area contributed by atoms with Crippen molar-refractivity contribution in [2.45, 2.75) is 18.2 Å². The molecule has 1 saturated heterocycles. The first-order chi connectivity index (χ1) is 8.82. The van der Waals surface area contributed by atoms with Gasteiger partial charge in [0.15, 0.2) is 0 Å². The molecule has 104 valence electrons. The molecule has 0 radical (unpaired) electrons. The van der Waals surface area contributed by atoms with Gasteiger partial charge in [-0.25, -0.2) is 8.42 Å². The molecule has 1 aliphatic heterocycles. The second-order valence-electron chi connectivity index (χ2n) is 4.62. The fourth-order valence-corrected chi connectivity index (χ4v) is 4.75. The molecule has 1 fully saturated rings. The van der Waals surface area contributed by atoms with Crippen LogP contribution in [0.25, 0.3) is 0 Å². The summed E-state index contributed by atoms with van der Waals surface area (Å²) in [6.45, 7) is 2.16. The van der Waals surface area contributed by atoms with Crippen LogP contribution >= 0.6 is 15.9 Å². The van der Waals surface area contributed by atoms with E-state index in [1.54, 1.807) is 18.2 Å². The van der Waals surface area contributed by atoms with Gasteiger partial charge in [0.25, 0.3) is 0 Å². The minimum absolute atomic E-state index is 0.0397. The standard InChI is InChI=1S/C12H14BrNO4S/c1-8-2-3-11(10(13)6-8)19(17,18)14-5-4-9(7-14)12(15)16/h2-3,6,9H,4-5,7H2,1H3,(H,15,16). The van der Waals surface area contributed by atoms with E-state index in [0.717, 1.165) is 5.56 Å². The van der Waals surface area contributed by atoms with E-state index in [2.05, 4.69) is 15.9 Å². The van der Waals surface area contributed by atoms with Crippen molar-refractivity contribution in [1.82, 2.24) is 4.31 Å². The van der Waals surface area contributed by atoms with Crippen molar-refractivity contribution in [3.8, 4) is 0 Å². The average Bonchev–Trinajstić information content (AvgIpc) is 2.78. The van der Waals surface area contributed by atoms with E-state index in [0.29, 0.717) is 10.9 Å². The molecule has 7 heteroatoms. The zero-order chi connectivity index (χ0) is 14.2. The molecule has 19 heavy (non-hydrogen) atoms. The fourth-order valence-electron chi connectivity index (χ4n) is 2.10. The summed E-state index contributed by atoms with van der Waals surface area (Å²) in [4.78, 5) is 11.1. The highest BCUT2D eigenvalue weighted by atomic mass is 79.9. The summed E-state index contributed by atoms with van der Waals surface area (Å²) in [7, 11) is -3.63. The highest BCUT2D eigenvalue weighted by Gasteiger charge is 2.36. The third-order valence-electron chi connectivity index (χ3n) is 3.21. The molecule has 1 unspecified atom stereocenters. The molecule has 0 aliphatic carbocycles. The number of carboxylic acid groups (broad SMARTS) is 1. The van der Waals surface area contributed by atoms with Gasteiger partial charge in [-0.3, -0.25) is 4.79 Å². The highest BCUT2D eigenvalue weighted by Crippen LogP contribution is 2.29. The number of rotatable bonds is 3. The van der Waals surface area contributed by atoms with Crippen LogP contribution in [-0.4, -0.2) is 36.9 Å². The molecule has 1 N–H and O–H groups in total. The topological polar surface area (TPSA) is 74.7 Å². The Morgan fingerprint density at radius 1 is 1.47 bits per heavy atom. The third kappa shape index (κ3) is 2.82. The first-order valence-electron chi connectivity index (χ1n) is 5.81. The van der Waals surface area contributed by atoms with Gasteiger partial charge < -0.3 is 5.11 Å². The minimum atomic E-state index is -3.63. The van der Waals surface area contributed by atoms with Crippen molar-refractivity contribution < 1.29 is 18.3 Å². The molecule has 0 saturated carbocycles. The Balaban J connectivity index is 2.31. The lowest BCUT2D eigenvalue weighted by Crippen LogP contribution is -2.30. The smallest absolute Gasteiger partial charge is 0.307 e. The van der Waals surface area contributed by atoms with Crippen LogP contribution in [0.2, 0.25) is 0 Å². The maximum absolute atomic E-state index is 12.4. The van der Waals surface area contributed by atoms with Crippen molar-refractivity contribution in [3.05, 3.63) is 28.2 Å². The predicted molar refractivity (Wildman–Crippen MR) is 73.4 cm³/mol. The molecule has 0 bridgehead atoms. The zero-order valence-corrected chi connectivity index (χ0v) is 12.7. The van der Waals surface area contributed by atoms with Gasteiger partial charge in [-0.15, -0.1) is 0 Å². The molecule has 1 aliphatic rings. The monoisotopic (exact) mass is 347 g/mol. The number of benzene rings is 1. The highest BCUT2D eigenvalue weighted by molar-refractivity contribution is 9.10. The summed E-state index contributed by atoms with van der Waals surface area (Å²) < 4.78 is 26.6. The number of carboxylic acids is 1. The number of nitrogens with zero attached hydrogens (tertiary/aromatic N) is 1. The first-order valence-corrected chi connectivity index (χ1v) is 8.05. The molecule has 1 heterocycles.